The summed E-state index contributed by atoms with van der Waals surface area (Å²) in [5.74, 6) is -0.747. The number of hydrogen-bond acceptors (Lipinski definition) is 6. The van der Waals surface area contributed by atoms with E-state index in [9.17, 15) is 18.8 Å². The number of nitrogens with one attached hydrogen (secondary N) is 2. The third kappa shape index (κ3) is 6.00. The number of ether oxygens (including phenoxy) is 1. The second kappa shape index (κ2) is 12.7. The molecule has 9 nitrogen and oxygen atoms in total. The van der Waals surface area contributed by atoms with Crippen molar-refractivity contribution < 1.29 is 18.7 Å². The number of halogens is 3. The quantitative estimate of drug-likeness (QED) is 0.265. The molecule has 0 aliphatic carbocycles. The largest absolute Gasteiger partial charge is 0.494 e. The van der Waals surface area contributed by atoms with E-state index >= 15 is 0 Å². The number of aromatic nitrogens is 2. The Morgan fingerprint density at radius 1 is 1.05 bits per heavy atom. The maximum absolute atomic E-state index is 14.5. The lowest BCUT2D eigenvalue weighted by atomic mass is 9.98. The van der Waals surface area contributed by atoms with Crippen LogP contribution in [0.2, 0.25) is 10.0 Å². The summed E-state index contributed by atoms with van der Waals surface area (Å²) in [5.41, 5.74) is 2.48. The van der Waals surface area contributed by atoms with Crippen LogP contribution in [0.1, 0.15) is 57.4 Å². The van der Waals surface area contributed by atoms with Crippen LogP contribution in [0.25, 0.3) is 5.69 Å². The average molecular weight is 639 g/mol. The van der Waals surface area contributed by atoms with E-state index in [2.05, 4.69) is 10.6 Å². The molecule has 0 bridgehead atoms. The number of anilines is 1. The molecule has 0 saturated carbocycles. The first-order valence-corrected chi connectivity index (χ1v) is 14.6. The van der Waals surface area contributed by atoms with E-state index in [4.69, 9.17) is 32.9 Å². The Morgan fingerprint density at radius 3 is 2.39 bits per heavy atom. The van der Waals surface area contributed by atoms with Crippen LogP contribution in [0.4, 0.5) is 10.3 Å². The van der Waals surface area contributed by atoms with E-state index < -0.39 is 11.9 Å². The molecular formula is C32H30Cl2FN5O4. The predicted octanol–water partition coefficient (Wildman–Crippen LogP) is 5.81. The fraction of sp³-hybridized carbons (Fsp3) is 0.250. The lowest BCUT2D eigenvalue weighted by Gasteiger charge is -2.35. The maximum Gasteiger partial charge on any atom is 0.263 e. The van der Waals surface area contributed by atoms with Gasteiger partial charge in [0.25, 0.3) is 17.4 Å². The molecule has 0 radical (unpaired) electrons. The number of carbonyl (C=O) groups excluding carboxylic acids is 2. The Balaban J connectivity index is 1.57. The van der Waals surface area contributed by atoms with Crippen molar-refractivity contribution >= 4 is 41.0 Å². The van der Waals surface area contributed by atoms with Crippen molar-refractivity contribution in [3.63, 3.8) is 0 Å². The molecule has 0 unspecified atom stereocenters. The molecule has 2 atom stereocenters. The van der Waals surface area contributed by atoms with Gasteiger partial charge in [0.2, 0.25) is 5.95 Å². The molecule has 1 aromatic heterocycles. The van der Waals surface area contributed by atoms with Crippen LogP contribution in [-0.2, 0) is 13.0 Å². The Kier molecular flexibility index (Phi) is 8.94. The van der Waals surface area contributed by atoms with Crippen LogP contribution >= 0.6 is 23.2 Å². The molecule has 1 aliphatic rings. The van der Waals surface area contributed by atoms with E-state index in [1.807, 2.05) is 13.8 Å². The van der Waals surface area contributed by atoms with E-state index in [0.717, 1.165) is 0 Å². The zero-order valence-electron chi connectivity index (χ0n) is 24.5. The number of benzene rings is 3. The monoisotopic (exact) mass is 637 g/mol. The van der Waals surface area contributed by atoms with Crippen molar-refractivity contribution in [3.05, 3.63) is 115 Å². The van der Waals surface area contributed by atoms with Crippen LogP contribution in [0.3, 0.4) is 0 Å². The van der Waals surface area contributed by atoms with Gasteiger partial charge in [-0.3, -0.25) is 14.4 Å². The van der Waals surface area contributed by atoms with E-state index in [1.165, 1.54) is 36.9 Å². The smallest absolute Gasteiger partial charge is 0.263 e. The average Bonchev–Trinajstić information content (AvgIpc) is 3.02. The minimum Gasteiger partial charge on any atom is -0.494 e. The van der Waals surface area contributed by atoms with Gasteiger partial charge in [-0.15, -0.1) is 0 Å². The third-order valence-corrected chi connectivity index (χ3v) is 8.42. The number of methoxy groups -OCH3 is 1. The van der Waals surface area contributed by atoms with E-state index in [0.29, 0.717) is 38.7 Å². The first-order chi connectivity index (χ1) is 21.0. The molecule has 0 fully saturated rings. The summed E-state index contributed by atoms with van der Waals surface area (Å²) < 4.78 is 21.0. The minimum absolute atomic E-state index is 0.0848. The SMILES string of the molecule is CNC(=O)c1ccc(-n2c(N[C@@H](C)c3ccc(OC)c(F)c3)nc3c(c2=O)C[C@@H](C)N(C(=O)c2ccc(Cl)c(Cl)c2)C3)cc1. The molecule has 44 heavy (non-hydrogen) atoms. The third-order valence-electron chi connectivity index (χ3n) is 7.68. The highest BCUT2D eigenvalue weighted by Gasteiger charge is 2.32. The zero-order chi connectivity index (χ0) is 31.7. The fourth-order valence-electron chi connectivity index (χ4n) is 5.20. The van der Waals surface area contributed by atoms with Crippen LogP contribution in [0, 0.1) is 5.82 Å². The Labute approximate surface area is 263 Å². The summed E-state index contributed by atoms with van der Waals surface area (Å²) in [5, 5.41) is 6.44. The highest BCUT2D eigenvalue weighted by Crippen LogP contribution is 2.29. The van der Waals surface area contributed by atoms with Crippen LogP contribution < -0.4 is 20.9 Å². The number of carbonyl (C=O) groups is 2. The van der Waals surface area contributed by atoms with Gasteiger partial charge in [0.05, 0.1) is 41.1 Å². The summed E-state index contributed by atoms with van der Waals surface area (Å²) in [6, 6.07) is 15.1. The number of nitrogens with zero attached hydrogens (tertiary/aromatic N) is 3. The maximum atomic E-state index is 14.5. The van der Waals surface area contributed by atoms with Crippen LogP contribution in [0.15, 0.2) is 65.5 Å². The Hall–Kier alpha value is -4.41. The van der Waals surface area contributed by atoms with Crippen molar-refractivity contribution in [3.8, 4) is 11.4 Å². The number of amides is 2. The van der Waals surface area contributed by atoms with Crippen molar-refractivity contribution in [1.82, 2.24) is 19.8 Å². The minimum atomic E-state index is -0.523. The Morgan fingerprint density at radius 2 is 1.75 bits per heavy atom. The van der Waals surface area contributed by atoms with Gasteiger partial charge >= 0.3 is 0 Å². The van der Waals surface area contributed by atoms with Crippen molar-refractivity contribution in [1.29, 1.82) is 0 Å². The lowest BCUT2D eigenvalue weighted by Crippen LogP contribution is -2.46. The molecule has 228 valence electrons. The molecule has 4 aromatic rings. The molecule has 2 heterocycles. The van der Waals surface area contributed by atoms with Crippen LogP contribution in [-0.4, -0.2) is 46.5 Å². The highest BCUT2D eigenvalue weighted by atomic mass is 35.5. The predicted molar refractivity (Wildman–Crippen MR) is 168 cm³/mol. The van der Waals surface area contributed by atoms with Gasteiger partial charge in [-0.05, 0) is 80.4 Å². The number of hydrogen-bond donors (Lipinski definition) is 2. The normalized spacial score (nSPS) is 14.9. The molecule has 2 amide bonds. The molecule has 12 heteroatoms. The first-order valence-electron chi connectivity index (χ1n) is 13.9. The number of fused-ring (bicyclic) bond motifs is 1. The lowest BCUT2D eigenvalue weighted by molar-refractivity contribution is 0.0653. The standard InChI is InChI=1S/C32H30Cl2FN5O4/c1-17-13-23-27(16-39(17)30(42)21-7-11-24(33)25(34)14-21)38-32(37-18(2)20-8-12-28(44-4)26(35)15-20)40(31(23)43)22-9-5-19(6-10-22)29(41)36-3/h5-12,14-15,17-18H,13,16H2,1-4H3,(H,36,41)(H,37,38)/t17-,18+/m1/s1. The second-order valence-electron chi connectivity index (χ2n) is 10.5. The molecule has 5 rings (SSSR count). The summed E-state index contributed by atoms with van der Waals surface area (Å²) in [6.07, 6.45) is 0.268. The Bertz CT molecular complexity index is 1810. The van der Waals surface area contributed by atoms with E-state index in [-0.39, 0.29) is 53.1 Å². The summed E-state index contributed by atoms with van der Waals surface area (Å²) in [7, 11) is 2.93. The van der Waals surface area contributed by atoms with Crippen molar-refractivity contribution in [2.24, 2.45) is 0 Å². The second-order valence-corrected chi connectivity index (χ2v) is 11.3. The fourth-order valence-corrected chi connectivity index (χ4v) is 5.50. The zero-order valence-corrected chi connectivity index (χ0v) is 26.0. The first kappa shape index (κ1) is 31.0. The van der Waals surface area contributed by atoms with Gasteiger partial charge in [0.1, 0.15) is 0 Å². The molecule has 3 aromatic carbocycles. The van der Waals surface area contributed by atoms with E-state index in [1.54, 1.807) is 47.4 Å². The molecular weight excluding hydrogens is 608 g/mol. The van der Waals surface area contributed by atoms with Gasteiger partial charge in [-0.1, -0.05) is 29.3 Å². The molecule has 2 N–H and O–H groups in total. The number of rotatable bonds is 7. The van der Waals surface area contributed by atoms with Gasteiger partial charge in [0.15, 0.2) is 11.6 Å². The van der Waals surface area contributed by atoms with Crippen molar-refractivity contribution in [2.45, 2.75) is 38.9 Å². The van der Waals surface area contributed by atoms with Gasteiger partial charge in [0, 0.05) is 29.8 Å². The molecule has 0 spiro atoms. The van der Waals surface area contributed by atoms with Crippen LogP contribution in [0.5, 0.6) is 5.75 Å². The molecule has 0 saturated heterocycles. The van der Waals surface area contributed by atoms with Crippen molar-refractivity contribution in [2.75, 3.05) is 19.5 Å². The summed E-state index contributed by atoms with van der Waals surface area (Å²) in [6.45, 7) is 3.77. The van der Waals surface area contributed by atoms with Gasteiger partial charge in [-0.2, -0.15) is 0 Å². The topological polar surface area (TPSA) is 106 Å². The van der Waals surface area contributed by atoms with Gasteiger partial charge in [-0.25, -0.2) is 13.9 Å². The summed E-state index contributed by atoms with van der Waals surface area (Å²) in [4.78, 5) is 46.3. The highest BCUT2D eigenvalue weighted by molar-refractivity contribution is 6.42. The molecule has 1 aliphatic heterocycles. The summed E-state index contributed by atoms with van der Waals surface area (Å²) >= 11 is 12.2. The van der Waals surface area contributed by atoms with Gasteiger partial charge < -0.3 is 20.3 Å².